The van der Waals surface area contributed by atoms with Gasteiger partial charge in [-0.3, -0.25) is 25.2 Å². The van der Waals surface area contributed by atoms with E-state index in [4.69, 9.17) is 11.6 Å². The van der Waals surface area contributed by atoms with Gasteiger partial charge < -0.3 is 5.32 Å². The average Bonchev–Trinajstić information content (AvgIpc) is 3.13. The van der Waals surface area contributed by atoms with Gasteiger partial charge in [0, 0.05) is 31.4 Å². The Morgan fingerprint density at radius 3 is 2.00 bits per heavy atom. The number of hydrogen-bond donors (Lipinski definition) is 3. The van der Waals surface area contributed by atoms with Gasteiger partial charge in [0.15, 0.2) is 0 Å². The van der Waals surface area contributed by atoms with E-state index in [1.165, 1.54) is 11.3 Å². The van der Waals surface area contributed by atoms with Crippen LogP contribution in [0, 0.1) is 6.92 Å². The van der Waals surface area contributed by atoms with Gasteiger partial charge in [0.25, 0.3) is 17.7 Å². The van der Waals surface area contributed by atoms with Crippen LogP contribution in [0.5, 0.6) is 0 Å². The number of benzene rings is 3. The van der Waals surface area contributed by atoms with Gasteiger partial charge in [0.05, 0.1) is 5.02 Å². The SMILES string of the molecule is Cc1ccc2c(Cl)c(C(=O)Nc3ccc(C(=O)NNC(=O)c4ccc(Br)cc4)cc3)sc2c1. The van der Waals surface area contributed by atoms with E-state index in [1.807, 2.05) is 25.1 Å². The molecule has 4 rings (SSSR count). The Hall–Kier alpha value is -3.20. The normalized spacial score (nSPS) is 10.6. The molecule has 0 saturated carbocycles. The molecule has 0 aliphatic heterocycles. The van der Waals surface area contributed by atoms with Gasteiger partial charge >= 0.3 is 0 Å². The fourth-order valence-electron chi connectivity index (χ4n) is 3.07. The molecular formula is C24H17BrClN3O3S. The maximum atomic E-state index is 12.7. The topological polar surface area (TPSA) is 87.3 Å². The van der Waals surface area contributed by atoms with Crippen molar-refractivity contribution >= 4 is 72.4 Å². The van der Waals surface area contributed by atoms with Gasteiger partial charge in [-0.15, -0.1) is 11.3 Å². The molecular weight excluding hydrogens is 526 g/mol. The van der Waals surface area contributed by atoms with E-state index in [0.29, 0.717) is 26.7 Å². The molecule has 9 heteroatoms. The van der Waals surface area contributed by atoms with Crippen LogP contribution in [0.3, 0.4) is 0 Å². The number of thiophene rings is 1. The van der Waals surface area contributed by atoms with Crippen molar-refractivity contribution in [3.8, 4) is 0 Å². The van der Waals surface area contributed by atoms with Crippen LogP contribution in [-0.2, 0) is 0 Å². The largest absolute Gasteiger partial charge is 0.321 e. The van der Waals surface area contributed by atoms with Crippen LogP contribution in [0.1, 0.15) is 36.0 Å². The molecule has 0 fully saturated rings. The Labute approximate surface area is 207 Å². The van der Waals surface area contributed by atoms with Crippen molar-refractivity contribution in [1.29, 1.82) is 0 Å². The summed E-state index contributed by atoms with van der Waals surface area (Å²) >= 11 is 11.0. The highest BCUT2D eigenvalue weighted by molar-refractivity contribution is 9.10. The molecule has 6 nitrogen and oxygen atoms in total. The Balaban J connectivity index is 1.38. The third kappa shape index (κ3) is 5.24. The van der Waals surface area contributed by atoms with Crippen molar-refractivity contribution in [2.24, 2.45) is 0 Å². The fourth-order valence-corrected chi connectivity index (χ4v) is 4.85. The highest BCUT2D eigenvalue weighted by atomic mass is 79.9. The third-order valence-corrected chi connectivity index (χ3v) is 6.98. The summed E-state index contributed by atoms with van der Waals surface area (Å²) in [6.45, 7) is 1.98. The molecule has 3 aromatic carbocycles. The molecule has 3 N–H and O–H groups in total. The Morgan fingerprint density at radius 1 is 0.818 bits per heavy atom. The number of nitrogens with one attached hydrogen (secondary N) is 3. The third-order valence-electron chi connectivity index (χ3n) is 4.79. The molecule has 0 radical (unpaired) electrons. The Bertz CT molecular complexity index is 1370. The predicted molar refractivity (Wildman–Crippen MR) is 135 cm³/mol. The number of amides is 3. The number of fused-ring (bicyclic) bond motifs is 1. The van der Waals surface area contributed by atoms with Gasteiger partial charge in [-0.1, -0.05) is 39.7 Å². The number of hydrazine groups is 1. The van der Waals surface area contributed by atoms with E-state index in [1.54, 1.807) is 48.5 Å². The molecule has 0 atom stereocenters. The summed E-state index contributed by atoms with van der Waals surface area (Å²) in [5, 5.41) is 4.06. The molecule has 0 aliphatic rings. The van der Waals surface area contributed by atoms with E-state index in [2.05, 4.69) is 32.1 Å². The minimum atomic E-state index is -0.485. The van der Waals surface area contributed by atoms with Gasteiger partial charge in [0.1, 0.15) is 4.88 Å². The number of anilines is 1. The summed E-state index contributed by atoms with van der Waals surface area (Å²) in [7, 11) is 0. The highest BCUT2D eigenvalue weighted by Crippen LogP contribution is 2.36. The lowest BCUT2D eigenvalue weighted by atomic mass is 10.2. The maximum absolute atomic E-state index is 12.7. The van der Waals surface area contributed by atoms with Gasteiger partial charge in [-0.25, -0.2) is 0 Å². The van der Waals surface area contributed by atoms with Crippen LogP contribution in [0.25, 0.3) is 10.1 Å². The zero-order valence-corrected chi connectivity index (χ0v) is 20.4. The zero-order chi connectivity index (χ0) is 23.5. The Kier molecular flexibility index (Phi) is 6.78. The van der Waals surface area contributed by atoms with Crippen molar-refractivity contribution in [3.05, 3.63) is 97.8 Å². The molecule has 0 saturated heterocycles. The second-order valence-electron chi connectivity index (χ2n) is 7.19. The second kappa shape index (κ2) is 9.74. The molecule has 33 heavy (non-hydrogen) atoms. The van der Waals surface area contributed by atoms with E-state index < -0.39 is 11.8 Å². The molecule has 1 aromatic heterocycles. The number of carbonyl (C=O) groups excluding carboxylic acids is 3. The first-order valence-electron chi connectivity index (χ1n) is 9.78. The highest BCUT2D eigenvalue weighted by Gasteiger charge is 2.17. The second-order valence-corrected chi connectivity index (χ2v) is 9.54. The molecule has 166 valence electrons. The van der Waals surface area contributed by atoms with E-state index in [0.717, 1.165) is 20.1 Å². The van der Waals surface area contributed by atoms with Crippen LogP contribution in [-0.4, -0.2) is 17.7 Å². The molecule has 3 amide bonds. The van der Waals surface area contributed by atoms with E-state index in [-0.39, 0.29) is 5.91 Å². The van der Waals surface area contributed by atoms with Crippen LogP contribution in [0.4, 0.5) is 5.69 Å². The minimum absolute atomic E-state index is 0.319. The van der Waals surface area contributed by atoms with Crippen molar-refractivity contribution in [1.82, 2.24) is 10.9 Å². The fraction of sp³-hybridized carbons (Fsp3) is 0.0417. The number of hydrogen-bond acceptors (Lipinski definition) is 4. The van der Waals surface area contributed by atoms with Crippen LogP contribution in [0.2, 0.25) is 5.02 Å². The summed E-state index contributed by atoms with van der Waals surface area (Å²) in [6.07, 6.45) is 0. The van der Waals surface area contributed by atoms with E-state index >= 15 is 0 Å². The predicted octanol–water partition coefficient (Wildman–Crippen LogP) is 5.95. The van der Waals surface area contributed by atoms with Crippen LogP contribution >= 0.6 is 38.9 Å². The summed E-state index contributed by atoms with van der Waals surface area (Å²) < 4.78 is 1.79. The first-order chi connectivity index (χ1) is 15.8. The standard InChI is InChI=1S/C24H17BrClN3O3S/c1-13-2-11-18-19(12-13)33-21(20(18)26)24(32)27-17-9-5-15(6-10-17)23(31)29-28-22(30)14-3-7-16(25)8-4-14/h2-12H,1H3,(H,27,32)(H,28,30)(H,29,31). The van der Waals surface area contributed by atoms with Gasteiger partial charge in [0.2, 0.25) is 0 Å². The number of halogens is 2. The van der Waals surface area contributed by atoms with Crippen molar-refractivity contribution in [3.63, 3.8) is 0 Å². The summed E-state index contributed by atoms with van der Waals surface area (Å²) in [5.41, 5.74) is 7.08. The van der Waals surface area contributed by atoms with Gasteiger partial charge in [-0.05, 0) is 67.1 Å². The number of carbonyl (C=O) groups is 3. The van der Waals surface area contributed by atoms with Crippen molar-refractivity contribution in [2.45, 2.75) is 6.92 Å². The molecule has 0 aliphatic carbocycles. The first-order valence-corrected chi connectivity index (χ1v) is 11.8. The quantitative estimate of drug-likeness (QED) is 0.278. The zero-order valence-electron chi connectivity index (χ0n) is 17.2. The average molecular weight is 543 g/mol. The number of aryl methyl sites for hydroxylation is 1. The molecule has 0 bridgehead atoms. The lowest BCUT2D eigenvalue weighted by Gasteiger charge is -2.09. The Morgan fingerprint density at radius 2 is 1.39 bits per heavy atom. The lowest BCUT2D eigenvalue weighted by Crippen LogP contribution is -2.41. The monoisotopic (exact) mass is 541 g/mol. The van der Waals surface area contributed by atoms with Crippen molar-refractivity contribution < 1.29 is 14.4 Å². The lowest BCUT2D eigenvalue weighted by molar-refractivity contribution is 0.0846. The molecule has 1 heterocycles. The summed E-state index contributed by atoms with van der Waals surface area (Å²) in [6, 6.07) is 18.9. The molecule has 0 unspecified atom stereocenters. The molecule has 0 spiro atoms. The van der Waals surface area contributed by atoms with Crippen LogP contribution in [0.15, 0.2) is 71.2 Å². The summed E-state index contributed by atoms with van der Waals surface area (Å²) in [5.74, 6) is -1.24. The molecule has 4 aromatic rings. The first kappa shape index (κ1) is 23.0. The summed E-state index contributed by atoms with van der Waals surface area (Å²) in [4.78, 5) is 37.6. The van der Waals surface area contributed by atoms with Gasteiger partial charge in [-0.2, -0.15) is 0 Å². The minimum Gasteiger partial charge on any atom is -0.321 e. The maximum Gasteiger partial charge on any atom is 0.269 e. The van der Waals surface area contributed by atoms with E-state index in [9.17, 15) is 14.4 Å². The smallest absolute Gasteiger partial charge is 0.269 e. The van der Waals surface area contributed by atoms with Crippen LogP contribution < -0.4 is 16.2 Å². The number of rotatable bonds is 4. The van der Waals surface area contributed by atoms with Crippen molar-refractivity contribution in [2.75, 3.05) is 5.32 Å².